The van der Waals surface area contributed by atoms with E-state index < -0.39 is 38.0 Å². The minimum Gasteiger partial charge on any atom is -0.387 e. The second-order valence-corrected chi connectivity index (χ2v) is 7.57. The molecule has 1 saturated heterocycles. The van der Waals surface area contributed by atoms with Gasteiger partial charge in [-0.05, 0) is 13.8 Å². The number of aromatic nitrogens is 3. The van der Waals surface area contributed by atoms with Crippen molar-refractivity contribution in [1.82, 2.24) is 20.1 Å². The number of nitrogens with one attached hydrogen (secondary N) is 1. The summed E-state index contributed by atoms with van der Waals surface area (Å²) in [6.45, 7) is 3.95. The van der Waals surface area contributed by atoms with Gasteiger partial charge in [0.25, 0.3) is 5.91 Å². The van der Waals surface area contributed by atoms with Crippen LogP contribution >= 0.6 is 7.60 Å². The van der Waals surface area contributed by atoms with Gasteiger partial charge in [0.2, 0.25) is 5.82 Å². The lowest BCUT2D eigenvalue weighted by molar-refractivity contribution is -0.0436. The Morgan fingerprint density at radius 1 is 1.38 bits per heavy atom. The summed E-state index contributed by atoms with van der Waals surface area (Å²) >= 11 is 0. The van der Waals surface area contributed by atoms with Gasteiger partial charge in [0, 0.05) is 6.54 Å². The zero-order valence-corrected chi connectivity index (χ0v) is 15.4. The molecular weight excluding hydrogens is 369 g/mol. The van der Waals surface area contributed by atoms with E-state index in [-0.39, 0.29) is 31.9 Å². The van der Waals surface area contributed by atoms with Crippen molar-refractivity contribution in [3.8, 4) is 0 Å². The third-order valence-corrected chi connectivity index (χ3v) is 5.54. The van der Waals surface area contributed by atoms with Crippen LogP contribution in [-0.2, 0) is 18.3 Å². The molecule has 2 heterocycles. The number of hydrogen-bond acceptors (Lipinski definition) is 10. The molecule has 26 heavy (non-hydrogen) atoms. The van der Waals surface area contributed by atoms with Gasteiger partial charge in [-0.15, -0.1) is 5.10 Å². The second kappa shape index (κ2) is 9.00. The molecule has 0 spiro atoms. The van der Waals surface area contributed by atoms with Crippen molar-refractivity contribution < 1.29 is 33.4 Å². The molecule has 0 bridgehead atoms. The number of nitrogens with two attached hydrogens (primary N) is 1. The van der Waals surface area contributed by atoms with Gasteiger partial charge < -0.3 is 35.0 Å². The molecule has 1 aromatic heterocycles. The Labute approximate surface area is 150 Å². The van der Waals surface area contributed by atoms with Crippen LogP contribution in [0.4, 0.5) is 0 Å². The summed E-state index contributed by atoms with van der Waals surface area (Å²) < 4.78 is 29.3. The Kier molecular flexibility index (Phi) is 7.24. The van der Waals surface area contributed by atoms with E-state index in [0.29, 0.717) is 0 Å². The molecule has 1 unspecified atom stereocenters. The molecule has 148 valence electrons. The molecule has 1 aromatic rings. The lowest BCUT2D eigenvalue weighted by Gasteiger charge is -2.20. The van der Waals surface area contributed by atoms with E-state index in [1.54, 1.807) is 13.8 Å². The monoisotopic (exact) mass is 393 g/mol. The van der Waals surface area contributed by atoms with Crippen molar-refractivity contribution in [2.75, 3.05) is 26.0 Å². The summed E-state index contributed by atoms with van der Waals surface area (Å²) in [5.74, 6) is -1.05. The highest BCUT2D eigenvalue weighted by molar-refractivity contribution is 7.53. The maximum absolute atomic E-state index is 12.4. The van der Waals surface area contributed by atoms with Gasteiger partial charge in [0.05, 0.1) is 19.5 Å². The Bertz CT molecular complexity index is 647. The summed E-state index contributed by atoms with van der Waals surface area (Å²) in [7, 11) is -3.28. The first-order valence-corrected chi connectivity index (χ1v) is 9.85. The molecule has 0 aliphatic carbocycles. The quantitative estimate of drug-likeness (QED) is 0.354. The number of aliphatic hydroxyl groups is 2. The average Bonchev–Trinajstić information content (AvgIpc) is 3.16. The Morgan fingerprint density at radius 3 is 2.58 bits per heavy atom. The molecule has 1 aliphatic heterocycles. The van der Waals surface area contributed by atoms with Crippen molar-refractivity contribution in [3.05, 3.63) is 12.2 Å². The first-order valence-electron chi connectivity index (χ1n) is 8.12. The van der Waals surface area contributed by atoms with Gasteiger partial charge in [-0.25, -0.2) is 9.67 Å². The fourth-order valence-electron chi connectivity index (χ4n) is 2.49. The summed E-state index contributed by atoms with van der Waals surface area (Å²) in [6.07, 6.45) is -3.27. The maximum atomic E-state index is 12.4. The van der Waals surface area contributed by atoms with E-state index in [1.807, 2.05) is 0 Å². The van der Waals surface area contributed by atoms with Crippen LogP contribution in [0.5, 0.6) is 0 Å². The fourth-order valence-corrected chi connectivity index (χ4v) is 3.94. The molecule has 4 atom stereocenters. The van der Waals surface area contributed by atoms with Gasteiger partial charge in [0.1, 0.15) is 24.6 Å². The van der Waals surface area contributed by atoms with Crippen molar-refractivity contribution in [1.29, 1.82) is 0 Å². The third kappa shape index (κ3) is 4.86. The van der Waals surface area contributed by atoms with Crippen molar-refractivity contribution >= 4 is 13.5 Å². The van der Waals surface area contributed by atoms with Gasteiger partial charge >= 0.3 is 7.60 Å². The number of hydrogen-bond donors (Lipinski definition) is 4. The molecule has 1 fully saturated rings. The highest BCUT2D eigenvalue weighted by Gasteiger charge is 2.44. The van der Waals surface area contributed by atoms with Gasteiger partial charge in [-0.3, -0.25) is 9.36 Å². The SMILES string of the molecule is CCOP(=O)(CNC[C@H]1O[C@@H](n2cnc(C(N)=O)n2)C(O)[C@H]1O)OCC. The van der Waals surface area contributed by atoms with Gasteiger partial charge in [-0.2, -0.15) is 0 Å². The fraction of sp³-hybridized carbons (Fsp3) is 0.769. The second-order valence-electron chi connectivity index (χ2n) is 5.52. The van der Waals surface area contributed by atoms with E-state index >= 15 is 0 Å². The maximum Gasteiger partial charge on any atom is 0.344 e. The number of primary amides is 1. The standard InChI is InChI=1S/C13H24N5O7P/c1-3-23-26(22,24-4-2)7-15-5-8-9(19)10(20)13(25-8)18-6-16-12(17-18)11(14)21/h6,8-10,13,15,19-20H,3-5,7H2,1-2H3,(H2,14,21)/t8-,9+,10?,13-/m1/s1. The van der Waals surface area contributed by atoms with Crippen LogP contribution in [0.3, 0.4) is 0 Å². The number of carbonyl (C=O) groups is 1. The summed E-state index contributed by atoms with van der Waals surface area (Å²) in [5.41, 5.74) is 5.08. The first kappa shape index (κ1) is 20.9. The smallest absolute Gasteiger partial charge is 0.344 e. The number of carbonyl (C=O) groups excluding carboxylic acids is 1. The number of rotatable bonds is 10. The zero-order valence-electron chi connectivity index (χ0n) is 14.5. The van der Waals surface area contributed by atoms with Crippen LogP contribution in [0.2, 0.25) is 0 Å². The van der Waals surface area contributed by atoms with E-state index in [0.717, 1.165) is 4.68 Å². The van der Waals surface area contributed by atoms with E-state index in [4.69, 9.17) is 19.5 Å². The first-order chi connectivity index (χ1) is 12.3. The molecule has 12 nitrogen and oxygen atoms in total. The van der Waals surface area contributed by atoms with E-state index in [1.165, 1.54) is 6.33 Å². The molecule has 2 rings (SSSR count). The normalized spacial score (nSPS) is 26.3. The van der Waals surface area contributed by atoms with Crippen LogP contribution in [0, 0.1) is 0 Å². The lowest BCUT2D eigenvalue weighted by atomic mass is 10.1. The van der Waals surface area contributed by atoms with Crippen molar-refractivity contribution in [2.45, 2.75) is 38.4 Å². The van der Waals surface area contributed by atoms with Crippen LogP contribution < -0.4 is 11.1 Å². The summed E-state index contributed by atoms with van der Waals surface area (Å²) in [5, 5.41) is 27.0. The molecule has 0 saturated carbocycles. The number of ether oxygens (including phenoxy) is 1. The van der Waals surface area contributed by atoms with Crippen LogP contribution in [0.15, 0.2) is 6.33 Å². The predicted molar refractivity (Wildman–Crippen MR) is 88.2 cm³/mol. The molecule has 1 aliphatic rings. The van der Waals surface area contributed by atoms with Crippen LogP contribution in [0.25, 0.3) is 0 Å². The largest absolute Gasteiger partial charge is 0.387 e. The summed E-state index contributed by atoms with van der Waals surface area (Å²) in [4.78, 5) is 14.8. The average molecular weight is 393 g/mol. The van der Waals surface area contributed by atoms with Gasteiger partial charge in [0.15, 0.2) is 6.23 Å². The highest BCUT2D eigenvalue weighted by atomic mass is 31.2. The molecule has 13 heteroatoms. The van der Waals surface area contributed by atoms with Crippen LogP contribution in [-0.4, -0.2) is 75.2 Å². The number of amides is 1. The third-order valence-electron chi connectivity index (χ3n) is 3.63. The molecule has 0 aromatic carbocycles. The van der Waals surface area contributed by atoms with Crippen molar-refractivity contribution in [3.63, 3.8) is 0 Å². The predicted octanol–water partition coefficient (Wildman–Crippen LogP) is -1.19. The zero-order chi connectivity index (χ0) is 19.3. The number of aliphatic hydroxyl groups excluding tert-OH is 2. The summed E-state index contributed by atoms with van der Waals surface area (Å²) in [6, 6.07) is 0. The van der Waals surface area contributed by atoms with Crippen LogP contribution in [0.1, 0.15) is 30.7 Å². The minimum absolute atomic E-state index is 0.0723. The van der Waals surface area contributed by atoms with E-state index in [9.17, 15) is 19.6 Å². The molecule has 0 radical (unpaired) electrons. The molecule has 5 N–H and O–H groups in total. The topological polar surface area (TPSA) is 171 Å². The van der Waals surface area contributed by atoms with E-state index in [2.05, 4.69) is 15.4 Å². The molecular formula is C13H24N5O7P. The Morgan fingerprint density at radius 2 is 2.04 bits per heavy atom. The highest BCUT2D eigenvalue weighted by Crippen LogP contribution is 2.46. The van der Waals surface area contributed by atoms with Crippen molar-refractivity contribution in [2.24, 2.45) is 5.73 Å². The van der Waals surface area contributed by atoms with Gasteiger partial charge in [-0.1, -0.05) is 0 Å². The number of nitrogens with zero attached hydrogens (tertiary/aromatic N) is 3. The lowest BCUT2D eigenvalue weighted by Crippen LogP contribution is -2.38. The Balaban J connectivity index is 1.94. The Hall–Kier alpha value is -1.40. The molecule has 1 amide bonds. The minimum atomic E-state index is -3.28.